The van der Waals surface area contributed by atoms with Crippen LogP contribution < -0.4 is 5.73 Å². The lowest BCUT2D eigenvalue weighted by Gasteiger charge is -2.08. The van der Waals surface area contributed by atoms with Gasteiger partial charge in [0.15, 0.2) is 5.65 Å². The number of aromatic nitrogens is 5. The van der Waals surface area contributed by atoms with E-state index in [1.807, 2.05) is 42.3 Å². The molecule has 0 spiro atoms. The molecule has 0 bridgehead atoms. The van der Waals surface area contributed by atoms with Crippen LogP contribution in [0.4, 0.5) is 0 Å². The van der Waals surface area contributed by atoms with Crippen molar-refractivity contribution in [1.29, 1.82) is 0 Å². The lowest BCUT2D eigenvalue weighted by molar-refractivity contribution is 0.768. The van der Waals surface area contributed by atoms with Crippen molar-refractivity contribution in [3.8, 4) is 22.5 Å². The number of hydrogen-bond donors (Lipinski definition) is 1. The zero-order valence-electron chi connectivity index (χ0n) is 13.6. The fourth-order valence-electron chi connectivity index (χ4n) is 2.89. The Morgan fingerprint density at radius 2 is 2.00 bits per heavy atom. The molecule has 6 nitrogen and oxygen atoms in total. The predicted molar refractivity (Wildman–Crippen MR) is 93.3 cm³/mol. The highest BCUT2D eigenvalue weighted by Crippen LogP contribution is 2.25. The molecule has 0 unspecified atom stereocenters. The fourth-order valence-corrected chi connectivity index (χ4v) is 2.89. The van der Waals surface area contributed by atoms with E-state index in [2.05, 4.69) is 35.2 Å². The first-order valence-electron chi connectivity index (χ1n) is 7.79. The van der Waals surface area contributed by atoms with E-state index < -0.39 is 0 Å². The van der Waals surface area contributed by atoms with Gasteiger partial charge in [-0.2, -0.15) is 10.2 Å². The molecule has 3 heterocycles. The quantitative estimate of drug-likeness (QED) is 0.630. The molecule has 0 radical (unpaired) electrons. The summed E-state index contributed by atoms with van der Waals surface area (Å²) in [5.74, 6) is 0. The van der Waals surface area contributed by atoms with Crippen LogP contribution in [0.15, 0.2) is 48.9 Å². The van der Waals surface area contributed by atoms with Gasteiger partial charge in [0.25, 0.3) is 0 Å². The largest absolute Gasteiger partial charge is 0.326 e. The lowest BCUT2D eigenvalue weighted by atomic mass is 10.0. The van der Waals surface area contributed by atoms with E-state index in [1.54, 1.807) is 4.68 Å². The molecule has 0 aliphatic rings. The van der Waals surface area contributed by atoms with Crippen LogP contribution in [-0.4, -0.2) is 24.4 Å². The lowest BCUT2D eigenvalue weighted by Crippen LogP contribution is -2.00. The predicted octanol–water partition coefficient (Wildman–Crippen LogP) is 2.56. The summed E-state index contributed by atoms with van der Waals surface area (Å²) in [6.45, 7) is 2.62. The Morgan fingerprint density at radius 1 is 1.12 bits per heavy atom. The van der Waals surface area contributed by atoms with E-state index in [4.69, 9.17) is 10.8 Å². The van der Waals surface area contributed by atoms with E-state index in [9.17, 15) is 0 Å². The van der Waals surface area contributed by atoms with Crippen LogP contribution in [0.2, 0.25) is 0 Å². The van der Waals surface area contributed by atoms with Crippen molar-refractivity contribution in [2.24, 2.45) is 12.8 Å². The van der Waals surface area contributed by atoms with Crippen LogP contribution in [0.3, 0.4) is 0 Å². The van der Waals surface area contributed by atoms with E-state index in [0.717, 1.165) is 33.7 Å². The summed E-state index contributed by atoms with van der Waals surface area (Å²) in [6.07, 6.45) is 5.56. The van der Waals surface area contributed by atoms with Crippen LogP contribution in [0.1, 0.15) is 11.1 Å². The third-order valence-electron chi connectivity index (χ3n) is 4.22. The van der Waals surface area contributed by atoms with Gasteiger partial charge < -0.3 is 5.73 Å². The monoisotopic (exact) mass is 318 g/mol. The summed E-state index contributed by atoms with van der Waals surface area (Å²) < 4.78 is 3.64. The second-order valence-electron chi connectivity index (χ2n) is 5.88. The Balaban J connectivity index is 1.87. The molecular weight excluding hydrogens is 300 g/mol. The van der Waals surface area contributed by atoms with E-state index in [1.165, 1.54) is 5.56 Å². The minimum Gasteiger partial charge on any atom is -0.326 e. The highest BCUT2D eigenvalue weighted by Gasteiger charge is 2.11. The molecule has 0 saturated heterocycles. The van der Waals surface area contributed by atoms with E-state index >= 15 is 0 Å². The second-order valence-corrected chi connectivity index (χ2v) is 5.88. The molecule has 4 rings (SSSR count). The SMILES string of the molecule is Cc1cc(-c2ccnc3cc(-c4cnn(C)c4)nn23)ccc1CN. The van der Waals surface area contributed by atoms with Gasteiger partial charge in [0.05, 0.1) is 17.6 Å². The first-order valence-corrected chi connectivity index (χ1v) is 7.79. The molecule has 0 saturated carbocycles. The van der Waals surface area contributed by atoms with Gasteiger partial charge in [0.2, 0.25) is 0 Å². The Labute approximate surface area is 139 Å². The van der Waals surface area contributed by atoms with Crippen molar-refractivity contribution < 1.29 is 0 Å². The number of benzene rings is 1. The average Bonchev–Trinajstić information content (AvgIpc) is 3.20. The zero-order valence-corrected chi connectivity index (χ0v) is 13.6. The Kier molecular flexibility index (Phi) is 3.39. The van der Waals surface area contributed by atoms with Gasteiger partial charge in [-0.15, -0.1) is 0 Å². The Hall–Kier alpha value is -2.99. The highest BCUT2D eigenvalue weighted by molar-refractivity contribution is 5.68. The van der Waals surface area contributed by atoms with Gasteiger partial charge in [-0.3, -0.25) is 4.68 Å². The molecule has 24 heavy (non-hydrogen) atoms. The van der Waals surface area contributed by atoms with Gasteiger partial charge in [-0.25, -0.2) is 9.50 Å². The maximum Gasteiger partial charge on any atom is 0.156 e. The summed E-state index contributed by atoms with van der Waals surface area (Å²) >= 11 is 0. The molecule has 0 aliphatic heterocycles. The number of aryl methyl sites for hydroxylation is 2. The van der Waals surface area contributed by atoms with Gasteiger partial charge >= 0.3 is 0 Å². The molecular formula is C18H18N6. The van der Waals surface area contributed by atoms with E-state index in [0.29, 0.717) is 6.54 Å². The molecule has 1 aromatic carbocycles. The minimum atomic E-state index is 0.546. The number of nitrogens with zero attached hydrogens (tertiary/aromatic N) is 5. The maximum atomic E-state index is 5.76. The van der Waals surface area contributed by atoms with Crippen molar-refractivity contribution >= 4 is 5.65 Å². The number of hydrogen-bond acceptors (Lipinski definition) is 4. The van der Waals surface area contributed by atoms with Crippen molar-refractivity contribution in [3.63, 3.8) is 0 Å². The van der Waals surface area contributed by atoms with Crippen LogP contribution in [-0.2, 0) is 13.6 Å². The summed E-state index contributed by atoms with van der Waals surface area (Å²) in [7, 11) is 1.89. The molecule has 4 aromatic rings. The third kappa shape index (κ3) is 2.37. The third-order valence-corrected chi connectivity index (χ3v) is 4.22. The second kappa shape index (κ2) is 5.58. The first-order chi connectivity index (χ1) is 11.7. The number of nitrogens with two attached hydrogens (primary N) is 1. The zero-order chi connectivity index (χ0) is 16.7. The molecule has 2 N–H and O–H groups in total. The number of fused-ring (bicyclic) bond motifs is 1. The summed E-state index contributed by atoms with van der Waals surface area (Å²) in [5, 5.41) is 8.93. The van der Waals surface area contributed by atoms with E-state index in [-0.39, 0.29) is 0 Å². The summed E-state index contributed by atoms with van der Waals surface area (Å²) in [5.41, 5.74) is 12.8. The van der Waals surface area contributed by atoms with Crippen LogP contribution >= 0.6 is 0 Å². The Bertz CT molecular complexity index is 1030. The molecule has 0 amide bonds. The average molecular weight is 318 g/mol. The van der Waals surface area contributed by atoms with Gasteiger partial charge in [0, 0.05) is 43.2 Å². The molecule has 0 aliphatic carbocycles. The van der Waals surface area contributed by atoms with Gasteiger partial charge in [-0.05, 0) is 30.2 Å². The topological polar surface area (TPSA) is 74.0 Å². The normalized spacial score (nSPS) is 11.3. The van der Waals surface area contributed by atoms with Gasteiger partial charge in [0.1, 0.15) is 0 Å². The molecule has 0 atom stereocenters. The van der Waals surface area contributed by atoms with Crippen LogP contribution in [0, 0.1) is 6.92 Å². The minimum absolute atomic E-state index is 0.546. The van der Waals surface area contributed by atoms with Crippen molar-refractivity contribution in [2.45, 2.75) is 13.5 Å². The molecule has 0 fully saturated rings. The molecule has 6 heteroatoms. The standard InChI is InChI=1S/C18H18N6/c1-12-7-13(3-4-14(12)9-19)17-5-6-20-18-8-16(22-24(17)18)15-10-21-23(2)11-15/h3-8,10-11H,9,19H2,1-2H3. The first kappa shape index (κ1) is 14.6. The highest BCUT2D eigenvalue weighted by atomic mass is 15.3. The van der Waals surface area contributed by atoms with Crippen molar-refractivity contribution in [2.75, 3.05) is 0 Å². The Morgan fingerprint density at radius 3 is 2.71 bits per heavy atom. The van der Waals surface area contributed by atoms with Crippen molar-refractivity contribution in [1.82, 2.24) is 24.4 Å². The van der Waals surface area contributed by atoms with Crippen molar-refractivity contribution in [3.05, 3.63) is 60.0 Å². The fraction of sp³-hybridized carbons (Fsp3) is 0.167. The molecule has 3 aromatic heterocycles. The maximum absolute atomic E-state index is 5.76. The smallest absolute Gasteiger partial charge is 0.156 e. The number of rotatable bonds is 3. The molecule has 120 valence electrons. The van der Waals surface area contributed by atoms with Crippen LogP contribution in [0.25, 0.3) is 28.2 Å². The van der Waals surface area contributed by atoms with Crippen LogP contribution in [0.5, 0.6) is 0 Å². The summed E-state index contributed by atoms with van der Waals surface area (Å²) in [4.78, 5) is 4.43. The summed E-state index contributed by atoms with van der Waals surface area (Å²) in [6, 6.07) is 10.2. The van der Waals surface area contributed by atoms with Gasteiger partial charge in [-0.1, -0.05) is 12.1 Å².